The maximum Gasteiger partial charge on any atom is 0.265 e. The van der Waals surface area contributed by atoms with E-state index in [0.717, 1.165) is 33.1 Å². The van der Waals surface area contributed by atoms with Crippen molar-refractivity contribution in [2.45, 2.75) is 13.3 Å². The molecule has 3 aromatic carbocycles. The first-order valence-corrected chi connectivity index (χ1v) is 12.4. The Morgan fingerprint density at radius 2 is 1.79 bits per heavy atom. The molecule has 2 N–H and O–H groups in total. The summed E-state index contributed by atoms with van der Waals surface area (Å²) in [4.78, 5) is 16.0. The van der Waals surface area contributed by atoms with Crippen molar-refractivity contribution in [1.29, 1.82) is 0 Å². The highest BCUT2D eigenvalue weighted by molar-refractivity contribution is 7.93. The van der Waals surface area contributed by atoms with Gasteiger partial charge in [0.1, 0.15) is 0 Å². The number of halogens is 2. The molecule has 1 amide bonds. The first-order chi connectivity index (χ1) is 15.7. The summed E-state index contributed by atoms with van der Waals surface area (Å²) in [6, 6.07) is 19.3. The van der Waals surface area contributed by atoms with Crippen LogP contribution in [0, 0.1) is 6.92 Å². The molecule has 0 bridgehead atoms. The Bertz CT molecular complexity index is 1480. The lowest BCUT2D eigenvalue weighted by molar-refractivity contribution is 0.0982. The molecule has 0 saturated heterocycles. The summed E-state index contributed by atoms with van der Waals surface area (Å²) in [5, 5.41) is 2.92. The average Bonchev–Trinajstić information content (AvgIpc) is 3.09. The summed E-state index contributed by atoms with van der Waals surface area (Å²) in [5.41, 5.74) is 4.60. The summed E-state index contributed by atoms with van der Waals surface area (Å²) in [7, 11) is -3.96. The zero-order chi connectivity index (χ0) is 23.6. The molecular weight excluding hydrogens is 479 g/mol. The van der Waals surface area contributed by atoms with Crippen molar-refractivity contribution in [2.75, 3.05) is 0 Å². The van der Waals surface area contributed by atoms with Crippen LogP contribution in [0.1, 0.15) is 32.7 Å². The minimum Gasteiger partial charge on any atom is -0.358 e. The first kappa shape index (κ1) is 23.1. The van der Waals surface area contributed by atoms with Gasteiger partial charge in [-0.05, 0) is 60.0 Å². The van der Waals surface area contributed by atoms with E-state index in [1.165, 1.54) is 6.08 Å². The number of rotatable bonds is 6. The van der Waals surface area contributed by atoms with E-state index in [0.29, 0.717) is 22.0 Å². The fraction of sp³-hybridized carbons (Fsp3) is 0.0800. The number of nitrogens with one attached hydrogen (secondary N) is 2. The number of hydrogen-bond donors (Lipinski definition) is 2. The van der Waals surface area contributed by atoms with Gasteiger partial charge < -0.3 is 4.98 Å². The Hall–Kier alpha value is -3.06. The molecule has 0 unspecified atom stereocenters. The van der Waals surface area contributed by atoms with E-state index in [-0.39, 0.29) is 5.56 Å². The lowest BCUT2D eigenvalue weighted by Crippen LogP contribution is -2.28. The van der Waals surface area contributed by atoms with Gasteiger partial charge in [-0.25, -0.2) is 13.1 Å². The van der Waals surface area contributed by atoms with Crippen LogP contribution in [-0.2, 0) is 16.4 Å². The molecule has 0 radical (unpaired) electrons. The van der Waals surface area contributed by atoms with Crippen molar-refractivity contribution in [3.05, 3.63) is 110 Å². The van der Waals surface area contributed by atoms with Crippen molar-refractivity contribution >= 4 is 56.1 Å². The van der Waals surface area contributed by atoms with Gasteiger partial charge in [0.15, 0.2) is 0 Å². The maximum atomic E-state index is 12.7. The number of carbonyl (C=O) groups excluding carboxylic acids is 1. The molecule has 0 atom stereocenters. The molecule has 8 heteroatoms. The summed E-state index contributed by atoms with van der Waals surface area (Å²) >= 11 is 12.3. The van der Waals surface area contributed by atoms with E-state index in [1.807, 2.05) is 19.1 Å². The molecule has 33 heavy (non-hydrogen) atoms. The standard InChI is InChI=1S/C25H20Cl2N2O3S/c1-16-21(13-18-7-9-20(26)15-23(18)27)22-14-19(8-10-24(22)28-16)25(30)29-33(31,32)12-11-17-5-3-2-4-6-17/h2-12,14-15,28H,13H2,1H3,(H,29,30)/b12-11+. The van der Waals surface area contributed by atoms with Crippen LogP contribution in [-0.4, -0.2) is 19.3 Å². The van der Waals surface area contributed by atoms with Crippen LogP contribution in [0.15, 0.2) is 72.1 Å². The van der Waals surface area contributed by atoms with E-state index in [4.69, 9.17) is 23.2 Å². The predicted molar refractivity (Wildman–Crippen MR) is 134 cm³/mol. The minimum atomic E-state index is -3.96. The summed E-state index contributed by atoms with van der Waals surface area (Å²) in [5.74, 6) is -0.705. The summed E-state index contributed by atoms with van der Waals surface area (Å²) in [6.45, 7) is 1.94. The molecule has 4 aromatic rings. The average molecular weight is 499 g/mol. The molecule has 0 saturated carbocycles. The minimum absolute atomic E-state index is 0.238. The van der Waals surface area contributed by atoms with Crippen molar-refractivity contribution in [1.82, 2.24) is 9.71 Å². The Morgan fingerprint density at radius 1 is 1.03 bits per heavy atom. The Kier molecular flexibility index (Phi) is 6.61. The molecule has 1 aromatic heterocycles. The van der Waals surface area contributed by atoms with Crippen molar-refractivity contribution < 1.29 is 13.2 Å². The van der Waals surface area contributed by atoms with Gasteiger partial charge in [-0.15, -0.1) is 0 Å². The smallest absolute Gasteiger partial charge is 0.265 e. The van der Waals surface area contributed by atoms with Gasteiger partial charge >= 0.3 is 0 Å². The molecule has 0 fully saturated rings. The van der Waals surface area contributed by atoms with Gasteiger partial charge in [0.05, 0.1) is 5.41 Å². The van der Waals surface area contributed by atoms with Crippen molar-refractivity contribution in [3.63, 3.8) is 0 Å². The number of carbonyl (C=O) groups is 1. The second kappa shape index (κ2) is 9.43. The second-order valence-electron chi connectivity index (χ2n) is 7.59. The molecule has 168 valence electrons. The molecule has 0 spiro atoms. The van der Waals surface area contributed by atoms with Crippen LogP contribution < -0.4 is 4.72 Å². The highest BCUT2D eigenvalue weighted by Crippen LogP contribution is 2.29. The van der Waals surface area contributed by atoms with Gasteiger partial charge in [-0.3, -0.25) is 4.79 Å². The van der Waals surface area contributed by atoms with Crippen molar-refractivity contribution in [3.8, 4) is 0 Å². The predicted octanol–water partition coefficient (Wildman–Crippen LogP) is 6.10. The lowest BCUT2D eigenvalue weighted by atomic mass is 10.0. The molecule has 0 aliphatic rings. The largest absolute Gasteiger partial charge is 0.358 e. The third kappa shape index (κ3) is 5.47. The number of sulfonamides is 1. The van der Waals surface area contributed by atoms with Crippen LogP contribution in [0.5, 0.6) is 0 Å². The third-order valence-corrected chi connectivity index (χ3v) is 6.79. The van der Waals surface area contributed by atoms with Crippen LogP contribution >= 0.6 is 23.2 Å². The van der Waals surface area contributed by atoms with Gasteiger partial charge in [0.25, 0.3) is 15.9 Å². The number of amides is 1. The normalized spacial score (nSPS) is 11.8. The fourth-order valence-corrected chi connectivity index (χ4v) is 4.82. The van der Waals surface area contributed by atoms with Crippen LogP contribution in [0.4, 0.5) is 0 Å². The van der Waals surface area contributed by atoms with E-state index in [2.05, 4.69) is 9.71 Å². The Labute approximate surface area is 202 Å². The summed E-state index contributed by atoms with van der Waals surface area (Å²) < 4.78 is 26.9. The summed E-state index contributed by atoms with van der Waals surface area (Å²) in [6.07, 6.45) is 1.97. The monoisotopic (exact) mass is 498 g/mol. The highest BCUT2D eigenvalue weighted by atomic mass is 35.5. The zero-order valence-electron chi connectivity index (χ0n) is 17.6. The molecule has 5 nitrogen and oxygen atoms in total. The van der Waals surface area contributed by atoms with E-state index in [9.17, 15) is 13.2 Å². The van der Waals surface area contributed by atoms with Crippen LogP contribution in [0.25, 0.3) is 17.0 Å². The van der Waals surface area contributed by atoms with Gasteiger partial charge in [0, 0.05) is 38.6 Å². The van der Waals surface area contributed by atoms with Crippen LogP contribution in [0.3, 0.4) is 0 Å². The molecule has 4 rings (SSSR count). The molecule has 0 aliphatic carbocycles. The third-order valence-electron chi connectivity index (χ3n) is 5.24. The molecule has 0 aliphatic heterocycles. The topological polar surface area (TPSA) is 79.0 Å². The first-order valence-electron chi connectivity index (χ1n) is 10.1. The Morgan fingerprint density at radius 3 is 2.52 bits per heavy atom. The Balaban J connectivity index is 1.60. The van der Waals surface area contributed by atoms with E-state index < -0.39 is 15.9 Å². The van der Waals surface area contributed by atoms with Gasteiger partial charge in [0.2, 0.25) is 0 Å². The number of benzene rings is 3. The number of H-pyrrole nitrogens is 1. The molecular formula is C25H20Cl2N2O3S. The van der Waals surface area contributed by atoms with Crippen LogP contribution in [0.2, 0.25) is 10.0 Å². The fourth-order valence-electron chi connectivity index (χ4n) is 3.56. The SMILES string of the molecule is Cc1[nH]c2ccc(C(=O)NS(=O)(=O)/C=C/c3ccccc3)cc2c1Cc1ccc(Cl)cc1Cl. The van der Waals surface area contributed by atoms with E-state index >= 15 is 0 Å². The second-order valence-corrected chi connectivity index (χ2v) is 10.0. The van der Waals surface area contributed by atoms with Gasteiger partial charge in [-0.2, -0.15) is 0 Å². The number of aromatic amines is 1. The maximum absolute atomic E-state index is 12.7. The highest BCUT2D eigenvalue weighted by Gasteiger charge is 2.17. The molecule has 1 heterocycles. The van der Waals surface area contributed by atoms with E-state index in [1.54, 1.807) is 54.6 Å². The quantitative estimate of drug-likeness (QED) is 0.336. The number of aromatic nitrogens is 1. The number of fused-ring (bicyclic) bond motifs is 1. The van der Waals surface area contributed by atoms with Gasteiger partial charge in [-0.1, -0.05) is 59.6 Å². The number of aryl methyl sites for hydroxylation is 1. The lowest BCUT2D eigenvalue weighted by Gasteiger charge is -2.07. The number of hydrogen-bond acceptors (Lipinski definition) is 3. The van der Waals surface area contributed by atoms with Crippen molar-refractivity contribution in [2.24, 2.45) is 0 Å². The zero-order valence-corrected chi connectivity index (χ0v) is 19.9.